The number of methoxy groups -OCH3 is 1. The summed E-state index contributed by atoms with van der Waals surface area (Å²) in [5.41, 5.74) is 0.976. The molecule has 1 fully saturated rings. The predicted octanol–water partition coefficient (Wildman–Crippen LogP) is 0.751. The van der Waals surface area contributed by atoms with Gasteiger partial charge in [0, 0.05) is 12.6 Å². The van der Waals surface area contributed by atoms with Gasteiger partial charge in [-0.15, -0.1) is 0 Å². The number of aromatic nitrogens is 1. The van der Waals surface area contributed by atoms with E-state index >= 15 is 0 Å². The minimum absolute atomic E-state index is 0.193. The number of nitrogens with one attached hydrogen (secondary N) is 1. The van der Waals surface area contributed by atoms with Gasteiger partial charge in [-0.2, -0.15) is 0 Å². The monoisotopic (exact) mass is 194 g/mol. The Bertz CT molecular complexity index is 298. The Morgan fingerprint density at radius 2 is 2.50 bits per heavy atom. The molecule has 0 bridgehead atoms. The molecule has 1 aliphatic rings. The lowest BCUT2D eigenvalue weighted by Gasteiger charge is -2.23. The van der Waals surface area contributed by atoms with Gasteiger partial charge in [-0.25, -0.2) is 4.98 Å². The van der Waals surface area contributed by atoms with Crippen LogP contribution in [0, 0.1) is 0 Å². The SMILES string of the molecule is COc1cccc(C2COCCN2)n1. The van der Waals surface area contributed by atoms with E-state index in [0.717, 1.165) is 18.8 Å². The molecule has 1 N–H and O–H groups in total. The highest BCUT2D eigenvalue weighted by Gasteiger charge is 2.16. The van der Waals surface area contributed by atoms with Crippen molar-refractivity contribution in [1.82, 2.24) is 10.3 Å². The van der Waals surface area contributed by atoms with Gasteiger partial charge in [-0.05, 0) is 6.07 Å². The molecular formula is C10H14N2O2. The number of pyridine rings is 1. The molecule has 1 aliphatic heterocycles. The van der Waals surface area contributed by atoms with Gasteiger partial charge in [-0.1, -0.05) is 6.07 Å². The maximum Gasteiger partial charge on any atom is 0.213 e. The number of hydrogen-bond donors (Lipinski definition) is 1. The van der Waals surface area contributed by atoms with Gasteiger partial charge in [0.1, 0.15) is 0 Å². The Balaban J connectivity index is 2.13. The van der Waals surface area contributed by atoms with Crippen LogP contribution in [0.3, 0.4) is 0 Å². The summed E-state index contributed by atoms with van der Waals surface area (Å²) in [7, 11) is 1.62. The largest absolute Gasteiger partial charge is 0.481 e. The molecule has 0 radical (unpaired) electrons. The van der Waals surface area contributed by atoms with Gasteiger partial charge >= 0.3 is 0 Å². The van der Waals surface area contributed by atoms with Crippen LogP contribution in [0.15, 0.2) is 18.2 Å². The topological polar surface area (TPSA) is 43.4 Å². The van der Waals surface area contributed by atoms with Crippen molar-refractivity contribution < 1.29 is 9.47 Å². The van der Waals surface area contributed by atoms with Gasteiger partial charge in [0.25, 0.3) is 0 Å². The van der Waals surface area contributed by atoms with Gasteiger partial charge in [-0.3, -0.25) is 0 Å². The molecule has 0 amide bonds. The first-order valence-electron chi connectivity index (χ1n) is 4.72. The second kappa shape index (κ2) is 4.39. The third-order valence-corrected chi connectivity index (χ3v) is 2.23. The van der Waals surface area contributed by atoms with E-state index in [-0.39, 0.29) is 6.04 Å². The summed E-state index contributed by atoms with van der Waals surface area (Å²) in [6, 6.07) is 5.96. The highest BCUT2D eigenvalue weighted by Crippen LogP contribution is 2.16. The predicted molar refractivity (Wildman–Crippen MR) is 52.4 cm³/mol. The molecule has 1 aromatic heterocycles. The fourth-order valence-corrected chi connectivity index (χ4v) is 1.49. The van der Waals surface area contributed by atoms with Crippen molar-refractivity contribution in [2.24, 2.45) is 0 Å². The second-order valence-electron chi connectivity index (χ2n) is 3.19. The van der Waals surface area contributed by atoms with Crippen molar-refractivity contribution in [2.75, 3.05) is 26.9 Å². The molecule has 4 nitrogen and oxygen atoms in total. The smallest absolute Gasteiger partial charge is 0.213 e. The van der Waals surface area contributed by atoms with Crippen molar-refractivity contribution in [1.29, 1.82) is 0 Å². The first kappa shape index (κ1) is 9.43. The van der Waals surface area contributed by atoms with Gasteiger partial charge in [0.15, 0.2) is 0 Å². The molecule has 2 rings (SSSR count). The van der Waals surface area contributed by atoms with Crippen molar-refractivity contribution in [2.45, 2.75) is 6.04 Å². The van der Waals surface area contributed by atoms with Crippen LogP contribution < -0.4 is 10.1 Å². The third-order valence-electron chi connectivity index (χ3n) is 2.23. The molecule has 0 spiro atoms. The molecule has 0 aliphatic carbocycles. The summed E-state index contributed by atoms with van der Waals surface area (Å²) < 4.78 is 10.4. The molecule has 1 aromatic rings. The van der Waals surface area contributed by atoms with Crippen LogP contribution in [0.5, 0.6) is 5.88 Å². The Morgan fingerprint density at radius 3 is 3.21 bits per heavy atom. The fraction of sp³-hybridized carbons (Fsp3) is 0.500. The minimum atomic E-state index is 0.193. The average Bonchev–Trinajstić information content (AvgIpc) is 2.30. The summed E-state index contributed by atoms with van der Waals surface area (Å²) in [4.78, 5) is 4.35. The summed E-state index contributed by atoms with van der Waals surface area (Å²) >= 11 is 0. The maximum absolute atomic E-state index is 5.37. The standard InChI is InChI=1S/C10H14N2O2/c1-13-10-4-2-3-8(12-10)9-7-14-6-5-11-9/h2-4,9,11H,5-7H2,1H3. The normalized spacial score (nSPS) is 21.9. The zero-order valence-corrected chi connectivity index (χ0v) is 8.19. The van der Waals surface area contributed by atoms with Crippen LogP contribution in [0.25, 0.3) is 0 Å². The lowest BCUT2D eigenvalue weighted by atomic mass is 10.2. The number of rotatable bonds is 2. The van der Waals surface area contributed by atoms with E-state index in [0.29, 0.717) is 12.5 Å². The van der Waals surface area contributed by atoms with Crippen molar-refractivity contribution in [3.63, 3.8) is 0 Å². The lowest BCUT2D eigenvalue weighted by Crippen LogP contribution is -2.35. The Hall–Kier alpha value is -1.13. The molecule has 2 heterocycles. The van der Waals surface area contributed by atoms with Crippen LogP contribution in [0.4, 0.5) is 0 Å². The van der Waals surface area contributed by atoms with E-state index in [4.69, 9.17) is 9.47 Å². The third kappa shape index (κ3) is 2.02. The van der Waals surface area contributed by atoms with Gasteiger partial charge < -0.3 is 14.8 Å². The highest BCUT2D eigenvalue weighted by atomic mass is 16.5. The zero-order chi connectivity index (χ0) is 9.80. The van der Waals surface area contributed by atoms with Crippen LogP contribution in [-0.2, 0) is 4.74 Å². The van der Waals surface area contributed by atoms with Gasteiger partial charge in [0.05, 0.1) is 32.1 Å². The summed E-state index contributed by atoms with van der Waals surface area (Å²) in [6.07, 6.45) is 0. The Morgan fingerprint density at radius 1 is 1.57 bits per heavy atom. The quantitative estimate of drug-likeness (QED) is 0.754. The summed E-state index contributed by atoms with van der Waals surface area (Å²) in [5, 5.41) is 3.34. The summed E-state index contributed by atoms with van der Waals surface area (Å²) in [5.74, 6) is 0.648. The van der Waals surface area contributed by atoms with Crippen molar-refractivity contribution in [3.8, 4) is 5.88 Å². The zero-order valence-electron chi connectivity index (χ0n) is 8.19. The molecule has 1 unspecified atom stereocenters. The van der Waals surface area contributed by atoms with E-state index < -0.39 is 0 Å². The molecule has 76 valence electrons. The molecule has 4 heteroatoms. The van der Waals surface area contributed by atoms with E-state index in [9.17, 15) is 0 Å². The molecule has 1 atom stereocenters. The Kier molecular flexibility index (Phi) is 2.96. The first-order valence-corrected chi connectivity index (χ1v) is 4.72. The number of hydrogen-bond acceptors (Lipinski definition) is 4. The van der Waals surface area contributed by atoms with Crippen LogP contribution in [-0.4, -0.2) is 31.9 Å². The first-order chi connectivity index (χ1) is 6.90. The van der Waals surface area contributed by atoms with Crippen LogP contribution in [0.1, 0.15) is 11.7 Å². The highest BCUT2D eigenvalue weighted by molar-refractivity contribution is 5.18. The van der Waals surface area contributed by atoms with Crippen LogP contribution >= 0.6 is 0 Å². The van der Waals surface area contributed by atoms with E-state index in [1.807, 2.05) is 18.2 Å². The molecular weight excluding hydrogens is 180 g/mol. The van der Waals surface area contributed by atoms with Crippen molar-refractivity contribution in [3.05, 3.63) is 23.9 Å². The average molecular weight is 194 g/mol. The van der Waals surface area contributed by atoms with E-state index in [2.05, 4.69) is 10.3 Å². The molecule has 14 heavy (non-hydrogen) atoms. The lowest BCUT2D eigenvalue weighted by molar-refractivity contribution is 0.0754. The number of morpholine rings is 1. The summed E-state index contributed by atoms with van der Waals surface area (Å²) in [6.45, 7) is 2.34. The minimum Gasteiger partial charge on any atom is -0.481 e. The molecule has 0 saturated carbocycles. The molecule has 0 aromatic carbocycles. The number of ether oxygens (including phenoxy) is 2. The maximum atomic E-state index is 5.37. The fourth-order valence-electron chi connectivity index (χ4n) is 1.49. The van der Waals surface area contributed by atoms with Gasteiger partial charge in [0.2, 0.25) is 5.88 Å². The number of nitrogens with zero attached hydrogens (tertiary/aromatic N) is 1. The van der Waals surface area contributed by atoms with Crippen molar-refractivity contribution >= 4 is 0 Å². The van der Waals surface area contributed by atoms with Crippen LogP contribution in [0.2, 0.25) is 0 Å². The molecule has 1 saturated heterocycles. The second-order valence-corrected chi connectivity index (χ2v) is 3.19. The van der Waals surface area contributed by atoms with E-state index in [1.165, 1.54) is 0 Å². The Labute approximate surface area is 83.2 Å². The van der Waals surface area contributed by atoms with E-state index in [1.54, 1.807) is 7.11 Å².